The molecule has 3 N–H and O–H groups in total. The molecular weight excluding hydrogens is 243 g/mol. The van der Waals surface area contributed by atoms with Crippen molar-refractivity contribution in [2.45, 2.75) is 39.2 Å². The molecule has 3 nitrogen and oxygen atoms in total. The summed E-state index contributed by atoms with van der Waals surface area (Å²) in [4.78, 5) is 2.34. The summed E-state index contributed by atoms with van der Waals surface area (Å²) in [5.41, 5.74) is 6.29. The molecule has 0 saturated carbocycles. The molecule has 0 spiro atoms. The van der Waals surface area contributed by atoms with Crippen molar-refractivity contribution in [1.29, 1.82) is 0 Å². The standard InChI is InChI=1S/C15H25FN2O/c1-3-8-18(9-4-2)10-7-15(19)12-5-6-13(16)14(17)11-12/h5-6,11,15,19H,3-4,7-10,17H2,1-2H3. The number of rotatable bonds is 8. The topological polar surface area (TPSA) is 49.5 Å². The molecule has 108 valence electrons. The van der Waals surface area contributed by atoms with Crippen LogP contribution in [0.25, 0.3) is 0 Å². The summed E-state index contributed by atoms with van der Waals surface area (Å²) >= 11 is 0. The summed E-state index contributed by atoms with van der Waals surface area (Å²) in [5.74, 6) is -0.436. The zero-order chi connectivity index (χ0) is 14.3. The van der Waals surface area contributed by atoms with E-state index in [4.69, 9.17) is 5.73 Å². The zero-order valence-electron chi connectivity index (χ0n) is 11.9. The lowest BCUT2D eigenvalue weighted by molar-refractivity contribution is 0.141. The Balaban J connectivity index is 2.53. The monoisotopic (exact) mass is 268 g/mol. The number of nitrogen functional groups attached to an aromatic ring is 1. The Morgan fingerprint density at radius 3 is 2.37 bits per heavy atom. The van der Waals surface area contributed by atoms with Gasteiger partial charge in [-0.05, 0) is 50.0 Å². The molecule has 0 saturated heterocycles. The van der Waals surface area contributed by atoms with Gasteiger partial charge in [-0.1, -0.05) is 19.9 Å². The molecule has 0 fully saturated rings. The number of halogens is 1. The maximum atomic E-state index is 13.1. The van der Waals surface area contributed by atoms with Crippen LogP contribution in [0.2, 0.25) is 0 Å². The highest BCUT2D eigenvalue weighted by atomic mass is 19.1. The van der Waals surface area contributed by atoms with Crippen LogP contribution in [-0.4, -0.2) is 29.6 Å². The quantitative estimate of drug-likeness (QED) is 0.713. The van der Waals surface area contributed by atoms with Gasteiger partial charge in [0.15, 0.2) is 0 Å². The molecule has 4 heteroatoms. The summed E-state index contributed by atoms with van der Waals surface area (Å²) in [6.45, 7) is 7.25. The van der Waals surface area contributed by atoms with Crippen LogP contribution >= 0.6 is 0 Å². The Labute approximate surface area is 115 Å². The maximum absolute atomic E-state index is 13.1. The third-order valence-electron chi connectivity index (χ3n) is 3.20. The van der Waals surface area contributed by atoms with E-state index in [2.05, 4.69) is 18.7 Å². The lowest BCUT2D eigenvalue weighted by atomic mass is 10.1. The third kappa shape index (κ3) is 5.17. The molecule has 0 aromatic heterocycles. The van der Waals surface area contributed by atoms with Gasteiger partial charge in [-0.2, -0.15) is 0 Å². The van der Waals surface area contributed by atoms with Gasteiger partial charge in [-0.3, -0.25) is 0 Å². The normalized spacial score (nSPS) is 12.9. The van der Waals surface area contributed by atoms with E-state index < -0.39 is 11.9 Å². The Kier molecular flexibility index (Phi) is 6.81. The second-order valence-corrected chi connectivity index (χ2v) is 4.93. The van der Waals surface area contributed by atoms with Crippen molar-refractivity contribution in [3.8, 4) is 0 Å². The number of aliphatic hydroxyl groups excluding tert-OH is 1. The first kappa shape index (κ1) is 15.9. The molecule has 19 heavy (non-hydrogen) atoms. The number of nitrogens with zero attached hydrogens (tertiary/aromatic N) is 1. The van der Waals surface area contributed by atoms with Gasteiger partial charge in [0.2, 0.25) is 0 Å². The van der Waals surface area contributed by atoms with Gasteiger partial charge < -0.3 is 15.7 Å². The molecule has 1 aromatic carbocycles. The van der Waals surface area contributed by atoms with E-state index >= 15 is 0 Å². The summed E-state index contributed by atoms with van der Waals surface area (Å²) in [7, 11) is 0. The Morgan fingerprint density at radius 2 is 1.84 bits per heavy atom. The highest BCUT2D eigenvalue weighted by Crippen LogP contribution is 2.21. The molecule has 1 unspecified atom stereocenters. The number of hydrogen-bond donors (Lipinski definition) is 2. The molecule has 0 aliphatic carbocycles. The molecule has 0 heterocycles. The lowest BCUT2D eigenvalue weighted by Gasteiger charge is -2.22. The predicted octanol–water partition coefficient (Wildman–Crippen LogP) is 2.95. The first-order chi connectivity index (χ1) is 9.08. The van der Waals surface area contributed by atoms with E-state index in [9.17, 15) is 9.50 Å². The molecular formula is C15H25FN2O. The summed E-state index contributed by atoms with van der Waals surface area (Å²) in [5, 5.41) is 10.1. The van der Waals surface area contributed by atoms with Crippen LogP contribution in [-0.2, 0) is 0 Å². The first-order valence-electron chi connectivity index (χ1n) is 7.03. The number of benzene rings is 1. The minimum atomic E-state index is -0.584. The van der Waals surface area contributed by atoms with Crippen LogP contribution in [0, 0.1) is 5.82 Å². The van der Waals surface area contributed by atoms with E-state index in [1.807, 2.05) is 0 Å². The summed E-state index contributed by atoms with van der Waals surface area (Å²) in [6, 6.07) is 4.42. The highest BCUT2D eigenvalue weighted by Gasteiger charge is 2.11. The minimum Gasteiger partial charge on any atom is -0.396 e. The van der Waals surface area contributed by atoms with Crippen molar-refractivity contribution in [3.05, 3.63) is 29.6 Å². The van der Waals surface area contributed by atoms with Crippen molar-refractivity contribution in [2.75, 3.05) is 25.4 Å². The Bertz CT molecular complexity index is 378. The molecule has 1 rings (SSSR count). The number of aliphatic hydroxyl groups is 1. The van der Waals surface area contributed by atoms with E-state index in [1.165, 1.54) is 12.1 Å². The fourth-order valence-corrected chi connectivity index (χ4v) is 2.21. The van der Waals surface area contributed by atoms with Gasteiger partial charge in [-0.25, -0.2) is 4.39 Å². The Morgan fingerprint density at radius 1 is 1.21 bits per heavy atom. The molecule has 0 amide bonds. The minimum absolute atomic E-state index is 0.0931. The van der Waals surface area contributed by atoms with Crippen LogP contribution in [0.4, 0.5) is 10.1 Å². The van der Waals surface area contributed by atoms with Crippen molar-refractivity contribution in [1.82, 2.24) is 4.90 Å². The molecule has 1 aromatic rings. The van der Waals surface area contributed by atoms with E-state index in [0.29, 0.717) is 12.0 Å². The average Bonchev–Trinajstić information content (AvgIpc) is 2.39. The van der Waals surface area contributed by atoms with Gasteiger partial charge in [0.25, 0.3) is 0 Å². The number of nitrogens with two attached hydrogens (primary N) is 1. The van der Waals surface area contributed by atoms with Crippen molar-refractivity contribution < 1.29 is 9.50 Å². The third-order valence-corrected chi connectivity index (χ3v) is 3.20. The highest BCUT2D eigenvalue weighted by molar-refractivity contribution is 5.43. The van der Waals surface area contributed by atoms with E-state index in [-0.39, 0.29) is 5.69 Å². The van der Waals surface area contributed by atoms with Crippen LogP contribution in [0.3, 0.4) is 0 Å². The van der Waals surface area contributed by atoms with Crippen molar-refractivity contribution in [2.24, 2.45) is 0 Å². The van der Waals surface area contributed by atoms with Gasteiger partial charge in [0.1, 0.15) is 5.82 Å². The summed E-state index contributed by atoms with van der Waals surface area (Å²) in [6.07, 6.45) is 2.28. The smallest absolute Gasteiger partial charge is 0.146 e. The SMILES string of the molecule is CCCN(CCC)CCC(O)c1ccc(F)c(N)c1. The van der Waals surface area contributed by atoms with Gasteiger partial charge >= 0.3 is 0 Å². The van der Waals surface area contributed by atoms with Gasteiger partial charge in [0.05, 0.1) is 11.8 Å². The van der Waals surface area contributed by atoms with Crippen LogP contribution in [0.1, 0.15) is 44.8 Å². The summed E-state index contributed by atoms with van der Waals surface area (Å²) < 4.78 is 13.1. The fraction of sp³-hybridized carbons (Fsp3) is 0.600. The zero-order valence-corrected chi connectivity index (χ0v) is 11.9. The van der Waals surface area contributed by atoms with E-state index in [0.717, 1.165) is 32.5 Å². The average molecular weight is 268 g/mol. The second kappa shape index (κ2) is 8.12. The van der Waals surface area contributed by atoms with Crippen molar-refractivity contribution in [3.63, 3.8) is 0 Å². The molecule has 0 aliphatic heterocycles. The van der Waals surface area contributed by atoms with Crippen LogP contribution < -0.4 is 5.73 Å². The maximum Gasteiger partial charge on any atom is 0.146 e. The first-order valence-corrected chi connectivity index (χ1v) is 7.03. The molecule has 0 bridgehead atoms. The second-order valence-electron chi connectivity index (χ2n) is 4.93. The predicted molar refractivity (Wildman–Crippen MR) is 77.4 cm³/mol. The van der Waals surface area contributed by atoms with Gasteiger partial charge in [-0.15, -0.1) is 0 Å². The Hall–Kier alpha value is -1.13. The van der Waals surface area contributed by atoms with Crippen LogP contribution in [0.5, 0.6) is 0 Å². The largest absolute Gasteiger partial charge is 0.396 e. The van der Waals surface area contributed by atoms with E-state index in [1.54, 1.807) is 6.07 Å². The van der Waals surface area contributed by atoms with Crippen molar-refractivity contribution >= 4 is 5.69 Å². The number of anilines is 1. The number of hydrogen-bond acceptors (Lipinski definition) is 3. The fourth-order valence-electron chi connectivity index (χ4n) is 2.21. The lowest BCUT2D eigenvalue weighted by Crippen LogP contribution is -2.27. The van der Waals surface area contributed by atoms with Gasteiger partial charge in [0, 0.05) is 6.54 Å². The molecule has 0 radical (unpaired) electrons. The van der Waals surface area contributed by atoms with Crippen LogP contribution in [0.15, 0.2) is 18.2 Å². The molecule has 1 atom stereocenters. The molecule has 0 aliphatic rings.